The average molecular weight is 475 g/mol. The van der Waals surface area contributed by atoms with Gasteiger partial charge in [0.15, 0.2) is 5.82 Å². The second kappa shape index (κ2) is 10.6. The lowest BCUT2D eigenvalue weighted by atomic mass is 10.0. The lowest BCUT2D eigenvalue weighted by Gasteiger charge is -2.20. The Bertz CT molecular complexity index is 1330. The summed E-state index contributed by atoms with van der Waals surface area (Å²) in [5, 5.41) is 15.5. The maximum atomic E-state index is 12.7. The minimum atomic E-state index is -0.563. The van der Waals surface area contributed by atoms with E-state index in [1.54, 1.807) is 25.3 Å². The topological polar surface area (TPSA) is 157 Å². The monoisotopic (exact) mass is 474 g/mol. The molecule has 180 valence electrons. The molecule has 0 saturated heterocycles. The molecule has 35 heavy (non-hydrogen) atoms. The van der Waals surface area contributed by atoms with E-state index >= 15 is 0 Å². The summed E-state index contributed by atoms with van der Waals surface area (Å²) in [6.07, 6.45) is 3.08. The molecule has 0 bridgehead atoms. The van der Waals surface area contributed by atoms with Gasteiger partial charge in [-0.1, -0.05) is 6.07 Å². The van der Waals surface area contributed by atoms with Crippen LogP contribution in [0.1, 0.15) is 35.5 Å². The van der Waals surface area contributed by atoms with Gasteiger partial charge in [-0.05, 0) is 60.5 Å². The Morgan fingerprint density at radius 3 is 2.60 bits per heavy atom. The molecule has 2 aromatic heterocycles. The summed E-state index contributed by atoms with van der Waals surface area (Å²) < 4.78 is 12.2. The molecule has 1 atom stereocenters. The minimum Gasteiger partial charge on any atom is -0.494 e. The van der Waals surface area contributed by atoms with Crippen molar-refractivity contribution in [3.63, 3.8) is 0 Å². The Balaban J connectivity index is 1.80. The van der Waals surface area contributed by atoms with Crippen LogP contribution >= 0.6 is 0 Å². The van der Waals surface area contributed by atoms with Gasteiger partial charge in [0.25, 0.3) is 5.95 Å². The lowest BCUT2D eigenvalue weighted by Crippen LogP contribution is -2.18. The highest BCUT2D eigenvalue weighted by molar-refractivity contribution is 5.95. The van der Waals surface area contributed by atoms with E-state index in [0.717, 1.165) is 21.5 Å². The number of anilines is 1. The first-order chi connectivity index (χ1) is 17.0. The van der Waals surface area contributed by atoms with Crippen molar-refractivity contribution in [2.24, 2.45) is 5.73 Å². The second-order valence-corrected chi connectivity index (χ2v) is 7.62. The van der Waals surface area contributed by atoms with Crippen LogP contribution in [-0.4, -0.2) is 44.3 Å². The van der Waals surface area contributed by atoms with Gasteiger partial charge in [-0.25, -0.2) is 14.8 Å². The molecule has 2 aromatic carbocycles. The van der Waals surface area contributed by atoms with Gasteiger partial charge in [0.2, 0.25) is 0 Å². The van der Waals surface area contributed by atoms with Crippen molar-refractivity contribution in [2.75, 3.05) is 19.0 Å². The van der Waals surface area contributed by atoms with Gasteiger partial charge < -0.3 is 20.5 Å². The molecule has 1 unspecified atom stereocenters. The van der Waals surface area contributed by atoms with Crippen LogP contribution in [0.4, 0.5) is 5.69 Å². The van der Waals surface area contributed by atoms with Gasteiger partial charge in [-0.2, -0.15) is 0 Å². The van der Waals surface area contributed by atoms with Crippen molar-refractivity contribution in [1.82, 2.24) is 24.7 Å². The molecule has 2 heterocycles. The molecule has 0 amide bonds. The van der Waals surface area contributed by atoms with Gasteiger partial charge >= 0.3 is 5.69 Å². The van der Waals surface area contributed by atoms with E-state index in [2.05, 4.69) is 25.4 Å². The standard InChI is InChI=1S/C24H26N8O3/c1-3-35-19-12-15(14-34-2)11-17(13-19)20(29-18-7-5-16(6-8-18)21(25)26)22-30-24(33)32(31-22)23-27-9-4-10-28-23/h4-13,20,29H,3,14H2,1-2H3,(H3,25,26)(H,30,31,33). The highest BCUT2D eigenvalue weighted by Crippen LogP contribution is 2.29. The minimum absolute atomic E-state index is 0.0207. The van der Waals surface area contributed by atoms with Crippen LogP contribution in [0.5, 0.6) is 5.75 Å². The van der Waals surface area contributed by atoms with E-state index in [9.17, 15) is 4.79 Å². The third-order valence-electron chi connectivity index (χ3n) is 5.10. The Hall–Kier alpha value is -4.51. The van der Waals surface area contributed by atoms with Crippen molar-refractivity contribution in [2.45, 2.75) is 19.6 Å². The molecule has 0 aliphatic rings. The zero-order valence-corrected chi connectivity index (χ0v) is 19.4. The van der Waals surface area contributed by atoms with E-state index in [4.69, 9.17) is 20.6 Å². The number of benzene rings is 2. The van der Waals surface area contributed by atoms with E-state index in [1.807, 2.05) is 37.3 Å². The van der Waals surface area contributed by atoms with Crippen LogP contribution in [-0.2, 0) is 11.3 Å². The summed E-state index contributed by atoms with van der Waals surface area (Å²) in [4.78, 5) is 23.8. The summed E-state index contributed by atoms with van der Waals surface area (Å²) in [6, 6.07) is 14.0. The molecule has 0 radical (unpaired) electrons. The quantitative estimate of drug-likeness (QED) is 0.202. The van der Waals surface area contributed by atoms with Crippen molar-refractivity contribution in [3.05, 3.63) is 93.9 Å². The number of aromatic nitrogens is 5. The summed E-state index contributed by atoms with van der Waals surface area (Å²) >= 11 is 0. The molecule has 0 fully saturated rings. The average Bonchev–Trinajstić information content (AvgIpc) is 3.25. The van der Waals surface area contributed by atoms with Crippen molar-refractivity contribution < 1.29 is 9.47 Å². The van der Waals surface area contributed by atoms with Crippen molar-refractivity contribution in [1.29, 1.82) is 5.41 Å². The number of nitrogens with one attached hydrogen (secondary N) is 3. The number of rotatable bonds is 10. The number of hydrogen-bond acceptors (Lipinski definition) is 8. The van der Waals surface area contributed by atoms with E-state index < -0.39 is 11.7 Å². The maximum absolute atomic E-state index is 12.7. The smallest absolute Gasteiger partial charge is 0.350 e. The summed E-state index contributed by atoms with van der Waals surface area (Å²) in [5.41, 5.74) is 8.16. The first-order valence-electron chi connectivity index (χ1n) is 10.9. The van der Waals surface area contributed by atoms with E-state index in [0.29, 0.717) is 30.4 Å². The second-order valence-electron chi connectivity index (χ2n) is 7.62. The SMILES string of the molecule is CCOc1cc(COC)cc(C(Nc2ccc(C(=N)N)cc2)c2nn(-c3ncccn3)c(=O)[nH]2)c1. The number of ether oxygens (including phenoxy) is 2. The normalized spacial score (nSPS) is 11.7. The molecule has 0 aliphatic heterocycles. The fourth-order valence-electron chi connectivity index (χ4n) is 3.58. The number of aromatic amines is 1. The predicted molar refractivity (Wildman–Crippen MR) is 131 cm³/mol. The third kappa shape index (κ3) is 5.53. The van der Waals surface area contributed by atoms with Crippen LogP contribution < -0.4 is 21.5 Å². The largest absolute Gasteiger partial charge is 0.494 e. The number of H-pyrrole nitrogens is 1. The molecular weight excluding hydrogens is 448 g/mol. The van der Waals surface area contributed by atoms with Crippen molar-refractivity contribution in [3.8, 4) is 11.7 Å². The Morgan fingerprint density at radius 1 is 1.20 bits per heavy atom. The number of hydrogen-bond donors (Lipinski definition) is 4. The zero-order valence-electron chi connectivity index (χ0n) is 19.4. The number of nitrogen functional groups attached to an aromatic ring is 1. The summed E-state index contributed by atoms with van der Waals surface area (Å²) in [6.45, 7) is 2.79. The van der Waals surface area contributed by atoms with Crippen molar-refractivity contribution >= 4 is 11.5 Å². The molecular formula is C24H26N8O3. The predicted octanol–water partition coefficient (Wildman–Crippen LogP) is 2.38. The van der Waals surface area contributed by atoms with Crippen LogP contribution in [0.25, 0.3) is 5.95 Å². The molecule has 0 spiro atoms. The molecule has 11 nitrogen and oxygen atoms in total. The molecule has 5 N–H and O–H groups in total. The number of nitrogens with zero attached hydrogens (tertiary/aromatic N) is 4. The molecule has 4 rings (SSSR count). The number of amidine groups is 1. The van der Waals surface area contributed by atoms with Gasteiger partial charge in [-0.3, -0.25) is 10.4 Å². The number of nitrogens with two attached hydrogens (primary N) is 1. The number of methoxy groups -OCH3 is 1. The summed E-state index contributed by atoms with van der Waals surface area (Å²) in [5.74, 6) is 1.17. The Labute approximate surface area is 201 Å². The molecule has 4 aromatic rings. The van der Waals surface area contributed by atoms with E-state index in [-0.39, 0.29) is 11.8 Å². The van der Waals surface area contributed by atoms with Crippen LogP contribution in [0, 0.1) is 5.41 Å². The Morgan fingerprint density at radius 2 is 1.94 bits per heavy atom. The maximum Gasteiger partial charge on any atom is 0.350 e. The third-order valence-corrected chi connectivity index (χ3v) is 5.10. The fraction of sp³-hybridized carbons (Fsp3) is 0.208. The molecule has 0 saturated carbocycles. The highest BCUT2D eigenvalue weighted by atomic mass is 16.5. The fourth-order valence-corrected chi connectivity index (χ4v) is 3.58. The van der Waals surface area contributed by atoms with Crippen LogP contribution in [0.3, 0.4) is 0 Å². The van der Waals surface area contributed by atoms with Gasteiger partial charge in [0, 0.05) is 30.8 Å². The first kappa shape index (κ1) is 23.6. The lowest BCUT2D eigenvalue weighted by molar-refractivity contribution is 0.184. The summed E-state index contributed by atoms with van der Waals surface area (Å²) in [7, 11) is 1.62. The van der Waals surface area contributed by atoms with Gasteiger partial charge in [-0.15, -0.1) is 9.78 Å². The van der Waals surface area contributed by atoms with Crippen LogP contribution in [0.15, 0.2) is 65.7 Å². The molecule has 0 aliphatic carbocycles. The highest BCUT2D eigenvalue weighted by Gasteiger charge is 2.22. The Kier molecular flexibility index (Phi) is 7.17. The zero-order chi connectivity index (χ0) is 24.8. The first-order valence-corrected chi connectivity index (χ1v) is 10.9. The van der Waals surface area contributed by atoms with Crippen LogP contribution in [0.2, 0.25) is 0 Å². The molecule has 11 heteroatoms. The van der Waals surface area contributed by atoms with E-state index in [1.165, 1.54) is 12.4 Å². The van der Waals surface area contributed by atoms with Gasteiger partial charge in [0.1, 0.15) is 17.6 Å². The van der Waals surface area contributed by atoms with Gasteiger partial charge in [0.05, 0.1) is 13.2 Å².